The minimum Gasteiger partial charge on any atom is -0.351 e. The molecule has 0 aliphatic rings. The molecule has 0 radical (unpaired) electrons. The summed E-state index contributed by atoms with van der Waals surface area (Å²) in [6.45, 7) is 11.4. The normalized spacial score (nSPS) is 10.1. The number of thioether (sulfide) groups is 2. The molecule has 0 saturated heterocycles. The van der Waals surface area contributed by atoms with E-state index in [-0.39, 0.29) is 42.8 Å². The molecule has 35 heavy (non-hydrogen) atoms. The molecule has 0 aliphatic heterocycles. The molecule has 0 unspecified atom stereocenters. The summed E-state index contributed by atoms with van der Waals surface area (Å²) in [5.41, 5.74) is 1.37. The zero-order valence-electron chi connectivity index (χ0n) is 21.9. The zero-order chi connectivity index (χ0) is 26.6. The van der Waals surface area contributed by atoms with Gasteiger partial charge in [0.25, 0.3) is 11.8 Å². The summed E-state index contributed by atoms with van der Waals surface area (Å²) in [4.78, 5) is 48.6. The van der Waals surface area contributed by atoms with Crippen LogP contribution in [0.2, 0.25) is 0 Å². The number of urea groups is 1. The van der Waals surface area contributed by atoms with Crippen molar-refractivity contribution in [3.63, 3.8) is 0 Å². The van der Waals surface area contributed by atoms with Gasteiger partial charge >= 0.3 is 6.03 Å². The van der Waals surface area contributed by atoms with Gasteiger partial charge in [-0.2, -0.15) is 23.5 Å². The van der Waals surface area contributed by atoms with Crippen molar-refractivity contribution in [3.05, 3.63) is 34.9 Å². The predicted octanol–water partition coefficient (Wildman–Crippen LogP) is 4.83. The van der Waals surface area contributed by atoms with Crippen LogP contribution in [0.1, 0.15) is 79.4 Å². The lowest BCUT2D eigenvalue weighted by Crippen LogP contribution is -2.36. The van der Waals surface area contributed by atoms with Crippen LogP contribution in [0.4, 0.5) is 4.79 Å². The van der Waals surface area contributed by atoms with E-state index in [9.17, 15) is 19.2 Å². The molecule has 4 N–H and O–H groups in total. The smallest absolute Gasteiger partial charge is 0.315 e. The number of rotatable bonds is 15. The van der Waals surface area contributed by atoms with E-state index >= 15 is 0 Å². The first-order chi connectivity index (χ1) is 16.8. The molecule has 206 valence electrons. The fourth-order valence-electron chi connectivity index (χ4n) is 2.72. The Bertz CT molecular complexity index is 822. The van der Waals surface area contributed by atoms with Gasteiger partial charge < -0.3 is 21.3 Å². The molecule has 0 heterocycles. The number of nitrogens with one attached hydrogen (secondary N) is 4. The van der Waals surface area contributed by atoms with E-state index in [0.29, 0.717) is 41.5 Å². The van der Waals surface area contributed by atoms with E-state index in [1.165, 1.54) is 0 Å². The third-order valence-corrected chi connectivity index (χ3v) is 6.20. The Labute approximate surface area is 224 Å². The highest BCUT2D eigenvalue weighted by Crippen LogP contribution is 2.12. The Kier molecular flexibility index (Phi) is 18.8. The largest absolute Gasteiger partial charge is 0.351 e. The molecule has 0 spiro atoms. The number of carbonyl (C=O) groups excluding carboxylic acids is 4. The molecule has 1 rings (SSSR count). The monoisotopic (exact) mass is 534 g/mol. The fraction of sp³-hybridized carbons (Fsp3) is 0.600. The average Bonchev–Trinajstić information content (AvgIpc) is 2.86. The zero-order valence-corrected chi connectivity index (χ0v) is 23.5. The summed E-state index contributed by atoms with van der Waals surface area (Å²) in [5.74, 6) is 1.14. The van der Waals surface area contributed by atoms with Crippen LogP contribution in [0.5, 0.6) is 0 Å². The molecule has 0 fully saturated rings. The highest BCUT2D eigenvalue weighted by atomic mass is 32.2. The van der Waals surface area contributed by atoms with Gasteiger partial charge in [-0.3, -0.25) is 14.4 Å². The molecular weight excluding hydrogens is 484 g/mol. The van der Waals surface area contributed by atoms with Crippen molar-refractivity contribution in [1.82, 2.24) is 21.3 Å². The van der Waals surface area contributed by atoms with Crippen LogP contribution in [0.15, 0.2) is 18.2 Å². The van der Waals surface area contributed by atoms with Crippen molar-refractivity contribution in [2.45, 2.75) is 59.3 Å². The third kappa shape index (κ3) is 15.4. The van der Waals surface area contributed by atoms with Gasteiger partial charge in [-0.1, -0.05) is 34.6 Å². The highest BCUT2D eigenvalue weighted by molar-refractivity contribution is 7.99. The summed E-state index contributed by atoms with van der Waals surface area (Å²) in [5, 5.41) is 11.6. The number of benzene rings is 1. The SMILES string of the molecule is CC.CCC(=O)CCNC(=O)NCc1cc(C(=O)NCCSC)cc(C(=O)NCCSC(C)C)c1.[HH].[HH].[HH].[HH]. The fourth-order valence-corrected chi connectivity index (χ4v) is 3.72. The van der Waals surface area contributed by atoms with E-state index in [1.54, 1.807) is 48.6 Å². The van der Waals surface area contributed by atoms with Gasteiger partial charge in [0, 0.05) is 67.4 Å². The number of Topliss-reactive ketones (excluding diaryl/α,β-unsaturated/α-hetero) is 1. The van der Waals surface area contributed by atoms with Gasteiger partial charge in [0.2, 0.25) is 0 Å². The molecule has 0 atom stereocenters. The van der Waals surface area contributed by atoms with E-state index in [0.717, 1.165) is 11.5 Å². The van der Waals surface area contributed by atoms with Gasteiger partial charge in [-0.05, 0) is 35.3 Å². The van der Waals surface area contributed by atoms with E-state index in [2.05, 4.69) is 35.1 Å². The van der Waals surface area contributed by atoms with E-state index < -0.39 is 6.03 Å². The molecule has 0 aliphatic carbocycles. The van der Waals surface area contributed by atoms with Crippen molar-refractivity contribution in [3.8, 4) is 0 Å². The molecule has 10 heteroatoms. The summed E-state index contributed by atoms with van der Waals surface area (Å²) >= 11 is 3.38. The van der Waals surface area contributed by atoms with Crippen LogP contribution in [-0.4, -0.2) is 66.3 Å². The number of carbonyl (C=O) groups is 4. The lowest BCUT2D eigenvalue weighted by atomic mass is 10.0. The van der Waals surface area contributed by atoms with Crippen LogP contribution in [0.25, 0.3) is 0 Å². The standard InChI is InChI=1S/C23H36N4O4S2.C2H6.4H2/c1-5-20(28)6-7-26-23(31)27-15-17-12-18(21(29)24-8-10-32-4)14-19(13-17)22(30)25-9-11-33-16(2)3;1-2;;;;/h12-14,16H,5-11,15H2,1-4H3,(H,24,29)(H,25,30)(H2,26,27,31);1-2H3;4*1H. The van der Waals surface area contributed by atoms with Crippen molar-refractivity contribution >= 4 is 47.2 Å². The van der Waals surface area contributed by atoms with Gasteiger partial charge in [-0.15, -0.1) is 0 Å². The Morgan fingerprint density at radius 1 is 0.857 bits per heavy atom. The van der Waals surface area contributed by atoms with E-state index in [4.69, 9.17) is 0 Å². The maximum Gasteiger partial charge on any atom is 0.315 e. The molecule has 0 aromatic heterocycles. The maximum atomic E-state index is 12.7. The van der Waals surface area contributed by atoms with Gasteiger partial charge in [0.15, 0.2) is 0 Å². The van der Waals surface area contributed by atoms with Crippen LogP contribution in [0, 0.1) is 0 Å². The topological polar surface area (TPSA) is 116 Å². The Morgan fingerprint density at radius 2 is 1.43 bits per heavy atom. The minimum atomic E-state index is -0.412. The lowest BCUT2D eigenvalue weighted by molar-refractivity contribution is -0.118. The second kappa shape index (κ2) is 20.0. The number of amides is 4. The number of ketones is 1. The second-order valence-electron chi connectivity index (χ2n) is 7.59. The Hall–Kier alpha value is -2.20. The molecule has 8 nitrogen and oxygen atoms in total. The van der Waals surface area contributed by atoms with E-state index in [1.807, 2.05) is 20.1 Å². The van der Waals surface area contributed by atoms with Crippen LogP contribution in [-0.2, 0) is 11.3 Å². The predicted molar refractivity (Wildman–Crippen MR) is 157 cm³/mol. The van der Waals surface area contributed by atoms with Crippen molar-refractivity contribution < 1.29 is 24.9 Å². The number of hydrogen-bond acceptors (Lipinski definition) is 6. The average molecular weight is 535 g/mol. The Balaban J connectivity index is -0.000000626. The minimum absolute atomic E-state index is 0. The third-order valence-electron chi connectivity index (χ3n) is 4.48. The second-order valence-corrected chi connectivity index (χ2v) is 10.3. The first kappa shape index (κ1) is 32.8. The van der Waals surface area contributed by atoms with Gasteiger partial charge in [-0.25, -0.2) is 4.79 Å². The van der Waals surface area contributed by atoms with Crippen molar-refractivity contribution in [2.75, 3.05) is 37.4 Å². The first-order valence-corrected chi connectivity index (χ1v) is 14.5. The highest BCUT2D eigenvalue weighted by Gasteiger charge is 2.14. The summed E-state index contributed by atoms with van der Waals surface area (Å²) in [7, 11) is 0. The molecule has 4 amide bonds. The molecule has 1 aromatic rings. The summed E-state index contributed by atoms with van der Waals surface area (Å²) < 4.78 is 0. The molecule has 1 aromatic carbocycles. The van der Waals surface area contributed by atoms with Gasteiger partial charge in [0.1, 0.15) is 5.78 Å². The van der Waals surface area contributed by atoms with Crippen LogP contribution >= 0.6 is 23.5 Å². The summed E-state index contributed by atoms with van der Waals surface area (Å²) in [6, 6.07) is 4.50. The van der Waals surface area contributed by atoms with Crippen molar-refractivity contribution in [1.29, 1.82) is 0 Å². The first-order valence-electron chi connectivity index (χ1n) is 12.1. The number of hydrogen-bond donors (Lipinski definition) is 4. The van der Waals surface area contributed by atoms with Crippen molar-refractivity contribution in [2.24, 2.45) is 0 Å². The maximum absolute atomic E-state index is 12.7. The van der Waals surface area contributed by atoms with Crippen LogP contribution in [0.3, 0.4) is 0 Å². The Morgan fingerprint density at radius 3 is 1.94 bits per heavy atom. The summed E-state index contributed by atoms with van der Waals surface area (Å²) in [6.07, 6.45) is 2.69. The molecular formula is C25H50N4O4S2. The molecule has 0 saturated carbocycles. The van der Waals surface area contributed by atoms with Crippen LogP contribution < -0.4 is 21.3 Å². The van der Waals surface area contributed by atoms with Gasteiger partial charge in [0.05, 0.1) is 0 Å². The lowest BCUT2D eigenvalue weighted by Gasteiger charge is -2.12. The molecule has 0 bridgehead atoms. The quantitative estimate of drug-likeness (QED) is 0.240.